The third-order valence-corrected chi connectivity index (χ3v) is 9.01. The molecule has 0 spiro atoms. The van der Waals surface area contributed by atoms with Crippen LogP contribution < -0.4 is 5.32 Å². The molecule has 1 N–H and O–H groups in total. The molecular weight excluding hydrogens is 494 g/mol. The molecular formula is C31H31N3O3S. The van der Waals surface area contributed by atoms with E-state index >= 15 is 0 Å². The van der Waals surface area contributed by atoms with Crippen molar-refractivity contribution in [2.45, 2.75) is 51.6 Å². The summed E-state index contributed by atoms with van der Waals surface area (Å²) < 4.78 is 7.17. The average molecular weight is 526 g/mol. The molecule has 6 rings (SSSR count). The number of hydrogen-bond donors (Lipinski definition) is 1. The fraction of sp³-hybridized carbons (Fsp3) is 0.290. The Hall–Kier alpha value is -3.84. The van der Waals surface area contributed by atoms with Gasteiger partial charge in [0.15, 0.2) is 0 Å². The molecule has 1 atom stereocenters. The van der Waals surface area contributed by atoms with Gasteiger partial charge in [-0.1, -0.05) is 37.3 Å². The fourth-order valence-corrected chi connectivity index (χ4v) is 7.11. The smallest absolute Gasteiger partial charge is 0.337 e. The maximum atomic E-state index is 14.1. The van der Waals surface area contributed by atoms with Gasteiger partial charge in [-0.05, 0) is 79.1 Å². The number of carbonyl (C=O) groups is 2. The van der Waals surface area contributed by atoms with Crippen LogP contribution in [0.25, 0.3) is 5.00 Å². The van der Waals surface area contributed by atoms with Crippen molar-refractivity contribution >= 4 is 29.0 Å². The number of esters is 1. The lowest BCUT2D eigenvalue weighted by atomic mass is 9.95. The molecule has 7 heteroatoms. The number of aryl methyl sites for hydroxylation is 2. The van der Waals surface area contributed by atoms with Gasteiger partial charge >= 0.3 is 12.0 Å². The highest BCUT2D eigenvalue weighted by molar-refractivity contribution is 7.15. The summed E-state index contributed by atoms with van der Waals surface area (Å²) in [5, 5.41) is 4.31. The van der Waals surface area contributed by atoms with E-state index in [1.807, 2.05) is 16.2 Å². The fourth-order valence-electron chi connectivity index (χ4n) is 5.71. The van der Waals surface area contributed by atoms with Gasteiger partial charge in [0.2, 0.25) is 0 Å². The maximum absolute atomic E-state index is 14.1. The quantitative estimate of drug-likeness (QED) is 0.295. The molecule has 0 saturated carbocycles. The van der Waals surface area contributed by atoms with E-state index in [0.29, 0.717) is 17.8 Å². The van der Waals surface area contributed by atoms with Crippen molar-refractivity contribution in [1.82, 2.24) is 9.47 Å². The predicted molar refractivity (Wildman–Crippen MR) is 150 cm³/mol. The first-order valence-electron chi connectivity index (χ1n) is 13.2. The zero-order valence-electron chi connectivity index (χ0n) is 21.7. The summed E-state index contributed by atoms with van der Waals surface area (Å²) in [6.07, 6.45) is 7.67. The summed E-state index contributed by atoms with van der Waals surface area (Å²) in [6, 6.07) is 19.2. The SMILES string of the molecule is CCc1ccc([C@@H]2c3cccn3-c3sc4c(c3CN2C(=O)Nc2cccc(C(=O)OC)c2)CCCC4)cc1. The summed E-state index contributed by atoms with van der Waals surface area (Å²) in [4.78, 5) is 29.6. The molecule has 1 aliphatic carbocycles. The highest BCUT2D eigenvalue weighted by atomic mass is 32.1. The number of nitrogens with one attached hydrogen (secondary N) is 1. The van der Waals surface area contributed by atoms with Gasteiger partial charge in [0.05, 0.1) is 31.0 Å². The molecule has 6 nitrogen and oxygen atoms in total. The predicted octanol–water partition coefficient (Wildman–Crippen LogP) is 6.90. The van der Waals surface area contributed by atoms with Crippen molar-refractivity contribution in [3.8, 4) is 5.00 Å². The number of aromatic nitrogens is 1. The number of hydrogen-bond acceptors (Lipinski definition) is 4. The van der Waals surface area contributed by atoms with Crippen molar-refractivity contribution in [1.29, 1.82) is 0 Å². The number of ether oxygens (including phenoxy) is 1. The molecule has 0 bridgehead atoms. The molecule has 38 heavy (non-hydrogen) atoms. The minimum Gasteiger partial charge on any atom is -0.465 e. The number of nitrogens with zero attached hydrogens (tertiary/aromatic N) is 2. The van der Waals surface area contributed by atoms with Gasteiger partial charge < -0.3 is 19.5 Å². The molecule has 2 aromatic heterocycles. The standard InChI is InChI=1S/C31H31N3O3S/c1-3-20-13-15-21(16-14-20)28-26-11-7-17-33(26)29-25(24-10-4-5-12-27(24)38-29)19-34(28)31(36)32-23-9-6-8-22(18-23)30(35)37-2/h6-9,11,13-18,28H,3-5,10,12,19H2,1-2H3,(H,32,36)/t28-/m1/s1. The summed E-state index contributed by atoms with van der Waals surface area (Å²) in [7, 11) is 1.35. The highest BCUT2D eigenvalue weighted by Crippen LogP contribution is 2.44. The van der Waals surface area contributed by atoms with Crippen molar-refractivity contribution in [3.05, 3.63) is 105 Å². The van der Waals surface area contributed by atoms with Gasteiger partial charge in [0.25, 0.3) is 0 Å². The van der Waals surface area contributed by atoms with Crippen LogP contribution in [0, 0.1) is 0 Å². The Morgan fingerprint density at radius 2 is 1.84 bits per heavy atom. The molecule has 2 amide bonds. The lowest BCUT2D eigenvalue weighted by molar-refractivity contribution is 0.0600. The number of benzene rings is 2. The van der Waals surface area contributed by atoms with Gasteiger partial charge in [-0.2, -0.15) is 0 Å². The van der Waals surface area contributed by atoms with Gasteiger partial charge in [0.1, 0.15) is 5.00 Å². The van der Waals surface area contributed by atoms with Crippen LogP contribution in [-0.2, 0) is 30.5 Å². The Balaban J connectivity index is 1.45. The Labute approximate surface area is 226 Å². The average Bonchev–Trinajstić information content (AvgIpc) is 3.54. The summed E-state index contributed by atoms with van der Waals surface area (Å²) in [6.45, 7) is 2.67. The van der Waals surface area contributed by atoms with Gasteiger partial charge in [-0.3, -0.25) is 0 Å². The van der Waals surface area contributed by atoms with Crippen LogP contribution in [0.15, 0.2) is 66.9 Å². The van der Waals surface area contributed by atoms with E-state index in [2.05, 4.69) is 59.4 Å². The van der Waals surface area contributed by atoms with Crippen molar-refractivity contribution < 1.29 is 14.3 Å². The largest absolute Gasteiger partial charge is 0.465 e. The Kier molecular flexibility index (Phi) is 6.54. The number of amides is 2. The summed E-state index contributed by atoms with van der Waals surface area (Å²) in [5.41, 5.74) is 7.05. The van der Waals surface area contributed by atoms with E-state index in [-0.39, 0.29) is 12.1 Å². The summed E-state index contributed by atoms with van der Waals surface area (Å²) in [5.74, 6) is -0.433. The molecule has 0 radical (unpaired) electrons. The molecule has 0 fully saturated rings. The maximum Gasteiger partial charge on any atom is 0.337 e. The first kappa shape index (κ1) is 24.5. The van der Waals surface area contributed by atoms with Gasteiger partial charge in [-0.25, -0.2) is 9.59 Å². The van der Waals surface area contributed by atoms with Crippen molar-refractivity contribution in [3.63, 3.8) is 0 Å². The van der Waals surface area contributed by atoms with E-state index in [4.69, 9.17) is 4.74 Å². The van der Waals surface area contributed by atoms with Crippen LogP contribution >= 0.6 is 11.3 Å². The van der Waals surface area contributed by atoms with E-state index in [1.54, 1.807) is 24.3 Å². The molecule has 4 aromatic rings. The molecule has 2 aliphatic rings. The lowest BCUT2D eigenvalue weighted by Gasteiger charge is -2.31. The van der Waals surface area contributed by atoms with Crippen LogP contribution in [0.3, 0.4) is 0 Å². The second-order valence-electron chi connectivity index (χ2n) is 9.93. The Morgan fingerprint density at radius 1 is 1.03 bits per heavy atom. The Morgan fingerprint density at radius 3 is 2.63 bits per heavy atom. The van der Waals surface area contributed by atoms with E-state index in [9.17, 15) is 9.59 Å². The normalized spacial score (nSPS) is 16.2. The minimum absolute atomic E-state index is 0.201. The number of methoxy groups -OCH3 is 1. The van der Waals surface area contributed by atoms with Crippen molar-refractivity contribution in [2.24, 2.45) is 0 Å². The number of rotatable bonds is 4. The van der Waals surface area contributed by atoms with Crippen LogP contribution in [0.2, 0.25) is 0 Å². The first-order chi connectivity index (χ1) is 18.6. The topological polar surface area (TPSA) is 63.6 Å². The number of urea groups is 1. The molecule has 0 unspecified atom stereocenters. The van der Waals surface area contributed by atoms with E-state index in [1.165, 1.54) is 46.5 Å². The molecule has 2 aromatic carbocycles. The summed E-state index contributed by atoms with van der Waals surface area (Å²) >= 11 is 1.88. The highest BCUT2D eigenvalue weighted by Gasteiger charge is 2.36. The molecule has 0 saturated heterocycles. The third kappa shape index (κ3) is 4.31. The number of thiophene rings is 1. The lowest BCUT2D eigenvalue weighted by Crippen LogP contribution is -2.38. The van der Waals surface area contributed by atoms with Crippen LogP contribution in [0.1, 0.15) is 69.0 Å². The van der Waals surface area contributed by atoms with E-state index in [0.717, 1.165) is 30.5 Å². The number of anilines is 1. The molecule has 3 heterocycles. The zero-order valence-corrected chi connectivity index (χ0v) is 22.5. The second kappa shape index (κ2) is 10.1. The van der Waals surface area contributed by atoms with Crippen LogP contribution in [0.5, 0.6) is 0 Å². The van der Waals surface area contributed by atoms with Gasteiger partial charge in [-0.15, -0.1) is 11.3 Å². The molecule has 1 aliphatic heterocycles. The number of fused-ring (bicyclic) bond motifs is 5. The number of carbonyl (C=O) groups excluding carboxylic acids is 2. The second-order valence-corrected chi connectivity index (χ2v) is 11.0. The van der Waals surface area contributed by atoms with Gasteiger partial charge in [0, 0.05) is 22.3 Å². The van der Waals surface area contributed by atoms with E-state index < -0.39 is 5.97 Å². The Bertz CT molecular complexity index is 1500. The first-order valence-corrected chi connectivity index (χ1v) is 14.0. The van der Waals surface area contributed by atoms with Crippen LogP contribution in [-0.4, -0.2) is 28.6 Å². The zero-order chi connectivity index (χ0) is 26.2. The minimum atomic E-state index is -0.433. The molecule has 194 valence electrons. The van der Waals surface area contributed by atoms with Crippen LogP contribution in [0.4, 0.5) is 10.5 Å². The monoisotopic (exact) mass is 525 g/mol. The third-order valence-electron chi connectivity index (χ3n) is 7.68. The van der Waals surface area contributed by atoms with Crippen molar-refractivity contribution in [2.75, 3.05) is 12.4 Å².